The van der Waals surface area contributed by atoms with E-state index in [-0.39, 0.29) is 16.3 Å². The standard InChI is InChI=1S/C18H11ClF3N3O4/c1-24-17(26)11(9-23)6-10-2-4-15(13(19)7-10)29-16-5-3-12(18(20,21)22)8-14(16)25(27)28/h2-8H,1H3,(H,24,26)/b11-6-. The molecule has 0 radical (unpaired) electrons. The van der Waals surface area contributed by atoms with E-state index in [0.717, 1.165) is 6.07 Å². The predicted octanol–water partition coefficient (Wildman–Crippen LogP) is 4.71. The first-order chi connectivity index (χ1) is 13.6. The molecule has 0 unspecified atom stereocenters. The number of nitrogens with zero attached hydrogens (tertiary/aromatic N) is 2. The van der Waals surface area contributed by atoms with Crippen molar-refractivity contribution in [3.63, 3.8) is 0 Å². The molecule has 2 rings (SSSR count). The Labute approximate surface area is 167 Å². The zero-order valence-corrected chi connectivity index (χ0v) is 15.3. The number of hydrogen-bond acceptors (Lipinski definition) is 5. The lowest BCUT2D eigenvalue weighted by molar-refractivity contribution is -0.385. The largest absolute Gasteiger partial charge is 0.449 e. The number of carbonyl (C=O) groups excluding carboxylic acids is 1. The maximum Gasteiger partial charge on any atom is 0.416 e. The van der Waals surface area contributed by atoms with Crippen molar-refractivity contribution in [2.45, 2.75) is 6.18 Å². The van der Waals surface area contributed by atoms with E-state index in [2.05, 4.69) is 5.32 Å². The first-order valence-corrected chi connectivity index (χ1v) is 8.11. The van der Waals surface area contributed by atoms with Gasteiger partial charge in [0.05, 0.1) is 15.5 Å². The van der Waals surface area contributed by atoms with Crippen LogP contribution in [-0.4, -0.2) is 17.9 Å². The maximum absolute atomic E-state index is 12.8. The van der Waals surface area contributed by atoms with Crippen LogP contribution in [0.3, 0.4) is 0 Å². The molecule has 150 valence electrons. The number of likely N-dealkylation sites (N-methyl/N-ethyl adjacent to an activating group) is 1. The summed E-state index contributed by atoms with van der Waals surface area (Å²) in [5.41, 5.74) is -1.90. The van der Waals surface area contributed by atoms with Crippen molar-refractivity contribution in [3.8, 4) is 17.6 Å². The minimum atomic E-state index is -4.75. The molecule has 0 aliphatic rings. The van der Waals surface area contributed by atoms with Crippen molar-refractivity contribution in [2.75, 3.05) is 7.05 Å². The molecule has 11 heteroatoms. The molecule has 0 saturated carbocycles. The maximum atomic E-state index is 12.8. The van der Waals surface area contributed by atoms with E-state index in [1.165, 1.54) is 31.3 Å². The van der Waals surface area contributed by atoms with Gasteiger partial charge in [0, 0.05) is 13.1 Å². The lowest BCUT2D eigenvalue weighted by Gasteiger charge is -2.11. The molecule has 0 spiro atoms. The predicted molar refractivity (Wildman–Crippen MR) is 97.3 cm³/mol. The van der Waals surface area contributed by atoms with Crippen LogP contribution >= 0.6 is 11.6 Å². The van der Waals surface area contributed by atoms with Crippen molar-refractivity contribution in [2.24, 2.45) is 0 Å². The smallest absolute Gasteiger partial charge is 0.416 e. The molecule has 0 fully saturated rings. The average molecular weight is 426 g/mol. The number of nitriles is 1. The number of benzene rings is 2. The fourth-order valence-corrected chi connectivity index (χ4v) is 2.41. The number of alkyl halides is 3. The van der Waals surface area contributed by atoms with Gasteiger partial charge in [-0.05, 0) is 35.9 Å². The molecule has 2 aromatic carbocycles. The van der Waals surface area contributed by atoms with Gasteiger partial charge >= 0.3 is 11.9 Å². The van der Waals surface area contributed by atoms with E-state index < -0.39 is 34.0 Å². The fraction of sp³-hybridized carbons (Fsp3) is 0.111. The number of amides is 1. The second-order valence-corrected chi connectivity index (χ2v) is 5.89. The van der Waals surface area contributed by atoms with Crippen molar-refractivity contribution in [1.82, 2.24) is 5.32 Å². The number of ether oxygens (including phenoxy) is 1. The Morgan fingerprint density at radius 2 is 1.93 bits per heavy atom. The molecule has 29 heavy (non-hydrogen) atoms. The summed E-state index contributed by atoms with van der Waals surface area (Å²) in [7, 11) is 1.36. The van der Waals surface area contributed by atoms with Crippen LogP contribution in [0.4, 0.5) is 18.9 Å². The SMILES string of the molecule is CNC(=O)/C(C#N)=C\c1ccc(Oc2ccc(C(F)(F)F)cc2[N+](=O)[O-])c(Cl)c1. The quantitative estimate of drug-likeness (QED) is 0.323. The average Bonchev–Trinajstić information content (AvgIpc) is 2.66. The van der Waals surface area contributed by atoms with Crippen molar-refractivity contribution in [1.29, 1.82) is 5.26 Å². The van der Waals surface area contributed by atoms with Gasteiger partial charge in [0.2, 0.25) is 5.75 Å². The molecule has 0 aliphatic carbocycles. The highest BCUT2D eigenvalue weighted by Gasteiger charge is 2.33. The first kappa shape index (κ1) is 21.7. The molecule has 1 N–H and O–H groups in total. The van der Waals surface area contributed by atoms with E-state index in [1.54, 1.807) is 6.07 Å². The zero-order chi connectivity index (χ0) is 21.8. The topological polar surface area (TPSA) is 105 Å². The summed E-state index contributed by atoms with van der Waals surface area (Å²) in [6, 6.07) is 7.60. The minimum Gasteiger partial charge on any atom is -0.449 e. The molecule has 0 aliphatic heterocycles. The van der Waals surface area contributed by atoms with Crippen LogP contribution in [0.15, 0.2) is 42.0 Å². The van der Waals surface area contributed by atoms with Crippen LogP contribution < -0.4 is 10.1 Å². The van der Waals surface area contributed by atoms with Crippen LogP contribution in [0.1, 0.15) is 11.1 Å². The van der Waals surface area contributed by atoms with Gasteiger partial charge in [0.1, 0.15) is 17.4 Å². The Balaban J connectivity index is 2.39. The molecule has 7 nitrogen and oxygen atoms in total. The highest BCUT2D eigenvalue weighted by atomic mass is 35.5. The van der Waals surface area contributed by atoms with Crippen LogP contribution in [0.5, 0.6) is 11.5 Å². The molecule has 1 amide bonds. The number of carbonyl (C=O) groups is 1. The molecule has 0 heterocycles. The lowest BCUT2D eigenvalue weighted by Crippen LogP contribution is -2.19. The van der Waals surface area contributed by atoms with Gasteiger partial charge in [0.25, 0.3) is 5.91 Å². The van der Waals surface area contributed by atoms with Gasteiger partial charge in [-0.25, -0.2) is 0 Å². The Kier molecular flexibility index (Phi) is 6.45. The monoisotopic (exact) mass is 425 g/mol. The van der Waals surface area contributed by atoms with Crippen LogP contribution in [0, 0.1) is 21.4 Å². The van der Waals surface area contributed by atoms with Crippen LogP contribution in [-0.2, 0) is 11.0 Å². The molecule has 0 aromatic heterocycles. The highest BCUT2D eigenvalue weighted by molar-refractivity contribution is 6.32. The summed E-state index contributed by atoms with van der Waals surface area (Å²) < 4.78 is 43.6. The zero-order valence-electron chi connectivity index (χ0n) is 14.6. The summed E-state index contributed by atoms with van der Waals surface area (Å²) in [4.78, 5) is 21.7. The van der Waals surface area contributed by atoms with Crippen LogP contribution in [0.2, 0.25) is 5.02 Å². The van der Waals surface area contributed by atoms with Gasteiger partial charge in [-0.2, -0.15) is 18.4 Å². The summed E-state index contributed by atoms with van der Waals surface area (Å²) >= 11 is 6.07. The summed E-state index contributed by atoms with van der Waals surface area (Å²) in [5, 5.41) is 22.4. The van der Waals surface area contributed by atoms with Crippen LogP contribution in [0.25, 0.3) is 6.08 Å². The summed E-state index contributed by atoms with van der Waals surface area (Å²) in [6.45, 7) is 0. The second kappa shape index (κ2) is 8.62. The van der Waals surface area contributed by atoms with Gasteiger partial charge in [-0.15, -0.1) is 0 Å². The third-order valence-electron chi connectivity index (χ3n) is 3.56. The van der Waals surface area contributed by atoms with E-state index >= 15 is 0 Å². The Hall–Kier alpha value is -3.58. The number of nitro groups is 1. The van der Waals surface area contributed by atoms with E-state index in [4.69, 9.17) is 21.6 Å². The van der Waals surface area contributed by atoms with Gasteiger partial charge in [0.15, 0.2) is 0 Å². The number of rotatable bonds is 5. The van der Waals surface area contributed by atoms with Crippen molar-refractivity contribution in [3.05, 3.63) is 68.2 Å². The summed E-state index contributed by atoms with van der Waals surface area (Å²) in [5.74, 6) is -1.11. The third-order valence-corrected chi connectivity index (χ3v) is 3.86. The van der Waals surface area contributed by atoms with Crippen molar-refractivity contribution < 1.29 is 27.6 Å². The Morgan fingerprint density at radius 1 is 1.28 bits per heavy atom. The molecule has 0 atom stereocenters. The lowest BCUT2D eigenvalue weighted by atomic mass is 10.1. The molecular formula is C18H11ClF3N3O4. The van der Waals surface area contributed by atoms with Crippen molar-refractivity contribution >= 4 is 29.3 Å². The fourth-order valence-electron chi connectivity index (χ4n) is 2.18. The van der Waals surface area contributed by atoms with E-state index in [0.29, 0.717) is 17.7 Å². The number of nitrogens with one attached hydrogen (secondary N) is 1. The highest BCUT2D eigenvalue weighted by Crippen LogP contribution is 2.39. The Bertz CT molecular complexity index is 1050. The number of halogens is 4. The van der Waals surface area contributed by atoms with Gasteiger partial charge in [-0.3, -0.25) is 14.9 Å². The molecular weight excluding hydrogens is 415 g/mol. The third kappa shape index (κ3) is 5.24. The number of hydrogen-bond donors (Lipinski definition) is 1. The molecule has 2 aromatic rings. The van der Waals surface area contributed by atoms with Gasteiger partial charge < -0.3 is 10.1 Å². The summed E-state index contributed by atoms with van der Waals surface area (Å²) in [6.07, 6.45) is -3.49. The number of nitro benzene ring substituents is 1. The van der Waals surface area contributed by atoms with Gasteiger partial charge in [-0.1, -0.05) is 17.7 Å². The second-order valence-electron chi connectivity index (χ2n) is 5.48. The normalized spacial score (nSPS) is 11.5. The molecule has 0 saturated heterocycles. The van der Waals surface area contributed by atoms with E-state index in [9.17, 15) is 28.1 Å². The first-order valence-electron chi connectivity index (χ1n) is 7.73. The van der Waals surface area contributed by atoms with E-state index in [1.807, 2.05) is 0 Å². The Morgan fingerprint density at radius 3 is 2.45 bits per heavy atom. The molecule has 0 bridgehead atoms. The minimum absolute atomic E-state index is 0.0397.